The molecule has 4 rings (SSSR count). The molecule has 0 saturated carbocycles. The Bertz CT molecular complexity index is 1380. The maximum absolute atomic E-state index is 13.6. The topological polar surface area (TPSA) is 72.7 Å². The lowest BCUT2D eigenvalue weighted by molar-refractivity contribution is -0.143. The Hall–Kier alpha value is -4.22. The molecule has 3 heterocycles. The van der Waals surface area contributed by atoms with E-state index in [1.165, 1.54) is 19.3 Å². The summed E-state index contributed by atoms with van der Waals surface area (Å²) in [7, 11) is 0. The molecule has 0 radical (unpaired) electrons. The summed E-state index contributed by atoms with van der Waals surface area (Å²) in [6.07, 6.45) is -4.51. The molecule has 1 N–H and O–H groups in total. The quantitative estimate of drug-likeness (QED) is 0.360. The number of alkyl halides is 6. The first kappa shape index (κ1) is 23.9. The molecule has 1 aromatic carbocycles. The Labute approximate surface area is 194 Å². The van der Waals surface area contributed by atoms with Gasteiger partial charge in [0.1, 0.15) is 0 Å². The molecule has 0 saturated heterocycles. The summed E-state index contributed by atoms with van der Waals surface area (Å²) in [5.74, 6) is -0.610. The predicted octanol–water partition coefficient (Wildman–Crippen LogP) is 5.93. The lowest BCUT2D eigenvalue weighted by atomic mass is 10.1. The van der Waals surface area contributed by atoms with Crippen molar-refractivity contribution in [2.24, 2.45) is 0 Å². The second kappa shape index (κ2) is 8.85. The fourth-order valence-electron chi connectivity index (χ4n) is 3.33. The number of pyridine rings is 2. The van der Waals surface area contributed by atoms with Gasteiger partial charge in [0.2, 0.25) is 0 Å². The molecule has 0 bridgehead atoms. The zero-order valence-electron chi connectivity index (χ0n) is 17.8. The summed E-state index contributed by atoms with van der Waals surface area (Å²) in [6, 6.07) is 8.04. The predicted molar refractivity (Wildman–Crippen MR) is 114 cm³/mol. The third-order valence-electron chi connectivity index (χ3n) is 5.08. The number of anilines is 1. The second-order valence-electron chi connectivity index (χ2n) is 7.41. The van der Waals surface area contributed by atoms with Crippen LogP contribution >= 0.6 is 0 Å². The molecular formula is C23H15F6N5O. The molecule has 0 spiro atoms. The first-order valence-corrected chi connectivity index (χ1v) is 9.96. The van der Waals surface area contributed by atoms with Gasteiger partial charge in [-0.2, -0.15) is 31.4 Å². The van der Waals surface area contributed by atoms with Crippen molar-refractivity contribution < 1.29 is 31.1 Å². The number of halogens is 6. The molecule has 1 amide bonds. The summed E-state index contributed by atoms with van der Waals surface area (Å²) < 4.78 is 80.4. The molecule has 3 aromatic heterocycles. The average Bonchev–Trinajstić information content (AvgIpc) is 3.18. The van der Waals surface area contributed by atoms with Crippen molar-refractivity contribution in [3.8, 4) is 16.9 Å². The molecule has 6 nitrogen and oxygen atoms in total. The van der Waals surface area contributed by atoms with Gasteiger partial charge in [0.05, 0.1) is 45.6 Å². The van der Waals surface area contributed by atoms with Gasteiger partial charge in [-0.1, -0.05) is 6.07 Å². The van der Waals surface area contributed by atoms with Gasteiger partial charge in [0.15, 0.2) is 0 Å². The van der Waals surface area contributed by atoms with Crippen LogP contribution in [0, 0.1) is 6.92 Å². The van der Waals surface area contributed by atoms with Gasteiger partial charge in [-0.05, 0) is 43.3 Å². The molecule has 0 aliphatic heterocycles. The number of hydrogen-bond acceptors (Lipinski definition) is 4. The average molecular weight is 491 g/mol. The maximum atomic E-state index is 13.6. The van der Waals surface area contributed by atoms with Crippen molar-refractivity contribution in [3.05, 3.63) is 89.6 Å². The normalized spacial score (nSPS) is 12.0. The number of benzene rings is 1. The van der Waals surface area contributed by atoms with E-state index in [1.807, 2.05) is 0 Å². The molecule has 0 atom stereocenters. The number of carbonyl (C=O) groups excluding carboxylic acids is 1. The number of nitrogens with zero attached hydrogens (tertiary/aromatic N) is 4. The van der Waals surface area contributed by atoms with Crippen molar-refractivity contribution in [1.29, 1.82) is 0 Å². The zero-order chi connectivity index (χ0) is 25.4. The summed E-state index contributed by atoms with van der Waals surface area (Å²) >= 11 is 0. The molecule has 180 valence electrons. The minimum atomic E-state index is -5.07. The smallest absolute Gasteiger partial charge is 0.319 e. The molecule has 0 aliphatic carbocycles. The standard InChI is InChI=1S/C23H15F6N5O/c1-13-19(33-21(35)15-8-14(10-30-11-15)18-4-2-3-7-31-18)12-32-34(13)20-6-5-16(22(24,25)26)9-17(20)23(27,28)29/h2-12H,1H3,(H,33,35). The van der Waals surface area contributed by atoms with E-state index in [2.05, 4.69) is 20.4 Å². The van der Waals surface area contributed by atoms with Gasteiger partial charge < -0.3 is 5.32 Å². The maximum Gasteiger partial charge on any atom is 0.418 e. The van der Waals surface area contributed by atoms with E-state index in [4.69, 9.17) is 0 Å². The minimum Gasteiger partial charge on any atom is -0.319 e. The molecule has 12 heteroatoms. The fourth-order valence-corrected chi connectivity index (χ4v) is 3.33. The summed E-state index contributed by atoms with van der Waals surface area (Å²) in [6.45, 7) is 1.38. The van der Waals surface area contributed by atoms with Gasteiger partial charge in [-0.25, -0.2) is 4.68 Å². The van der Waals surface area contributed by atoms with E-state index >= 15 is 0 Å². The molecule has 0 aliphatic rings. The highest BCUT2D eigenvalue weighted by atomic mass is 19.4. The highest BCUT2D eigenvalue weighted by Crippen LogP contribution is 2.39. The van der Waals surface area contributed by atoms with Gasteiger partial charge in [0, 0.05) is 24.2 Å². The first-order chi connectivity index (χ1) is 16.4. The Kier molecular flexibility index (Phi) is 6.05. The monoisotopic (exact) mass is 491 g/mol. The van der Waals surface area contributed by atoms with Crippen LogP contribution in [0.25, 0.3) is 16.9 Å². The van der Waals surface area contributed by atoms with E-state index in [0.29, 0.717) is 23.4 Å². The van der Waals surface area contributed by atoms with Gasteiger partial charge in [0.25, 0.3) is 5.91 Å². The molecule has 0 fully saturated rings. The SMILES string of the molecule is Cc1c(NC(=O)c2cncc(-c3ccccn3)c2)cnn1-c1ccc(C(F)(F)F)cc1C(F)(F)F. The van der Waals surface area contributed by atoms with Gasteiger partial charge in [-0.15, -0.1) is 0 Å². The zero-order valence-corrected chi connectivity index (χ0v) is 17.8. The van der Waals surface area contributed by atoms with Crippen LogP contribution in [0.5, 0.6) is 0 Å². The van der Waals surface area contributed by atoms with Crippen LogP contribution < -0.4 is 5.32 Å². The Balaban J connectivity index is 1.65. The van der Waals surface area contributed by atoms with Crippen LogP contribution in [-0.2, 0) is 12.4 Å². The summed E-state index contributed by atoms with van der Waals surface area (Å²) in [5, 5.41) is 6.40. The van der Waals surface area contributed by atoms with E-state index in [9.17, 15) is 31.1 Å². The van der Waals surface area contributed by atoms with E-state index in [-0.39, 0.29) is 23.0 Å². The number of aromatic nitrogens is 4. The lowest BCUT2D eigenvalue weighted by Crippen LogP contribution is -2.16. The third-order valence-corrected chi connectivity index (χ3v) is 5.08. The summed E-state index contributed by atoms with van der Waals surface area (Å²) in [5.41, 5.74) is -2.08. The second-order valence-corrected chi connectivity index (χ2v) is 7.41. The number of hydrogen-bond donors (Lipinski definition) is 1. The van der Waals surface area contributed by atoms with Crippen LogP contribution in [0.1, 0.15) is 27.2 Å². The van der Waals surface area contributed by atoms with Crippen molar-refractivity contribution in [2.45, 2.75) is 19.3 Å². The Morgan fingerprint density at radius 3 is 2.37 bits per heavy atom. The van der Waals surface area contributed by atoms with Crippen molar-refractivity contribution in [2.75, 3.05) is 5.32 Å². The van der Waals surface area contributed by atoms with Crippen LogP contribution in [0.15, 0.2) is 67.3 Å². The summed E-state index contributed by atoms with van der Waals surface area (Å²) in [4.78, 5) is 21.0. The fraction of sp³-hybridized carbons (Fsp3) is 0.130. The first-order valence-electron chi connectivity index (χ1n) is 9.96. The van der Waals surface area contributed by atoms with Crippen LogP contribution in [-0.4, -0.2) is 25.7 Å². The van der Waals surface area contributed by atoms with Crippen molar-refractivity contribution in [1.82, 2.24) is 19.7 Å². The number of rotatable bonds is 4. The largest absolute Gasteiger partial charge is 0.418 e. The molecule has 0 unspecified atom stereocenters. The highest BCUT2D eigenvalue weighted by molar-refractivity contribution is 6.04. The van der Waals surface area contributed by atoms with Crippen LogP contribution in [0.4, 0.5) is 32.0 Å². The molecular weight excluding hydrogens is 476 g/mol. The van der Waals surface area contributed by atoms with Crippen LogP contribution in [0.2, 0.25) is 0 Å². The highest BCUT2D eigenvalue weighted by Gasteiger charge is 2.39. The molecule has 4 aromatic rings. The number of carbonyl (C=O) groups is 1. The third kappa shape index (κ3) is 5.00. The van der Waals surface area contributed by atoms with Crippen molar-refractivity contribution in [3.63, 3.8) is 0 Å². The number of nitrogens with one attached hydrogen (secondary N) is 1. The number of amides is 1. The van der Waals surface area contributed by atoms with Crippen LogP contribution in [0.3, 0.4) is 0 Å². The van der Waals surface area contributed by atoms with Crippen molar-refractivity contribution >= 4 is 11.6 Å². The minimum absolute atomic E-state index is 0.0312. The molecule has 35 heavy (non-hydrogen) atoms. The van der Waals surface area contributed by atoms with E-state index in [0.717, 1.165) is 10.9 Å². The Morgan fingerprint density at radius 2 is 1.71 bits per heavy atom. The lowest BCUT2D eigenvalue weighted by Gasteiger charge is -2.17. The Morgan fingerprint density at radius 1 is 0.943 bits per heavy atom. The van der Waals surface area contributed by atoms with Gasteiger partial charge in [-0.3, -0.25) is 14.8 Å². The van der Waals surface area contributed by atoms with Gasteiger partial charge >= 0.3 is 12.4 Å². The van der Waals surface area contributed by atoms with E-state index < -0.39 is 35.1 Å². The van der Waals surface area contributed by atoms with E-state index in [1.54, 1.807) is 30.5 Å².